The van der Waals surface area contributed by atoms with Gasteiger partial charge in [0.25, 0.3) is 5.78 Å². The second kappa shape index (κ2) is 8.18. The lowest BCUT2D eigenvalue weighted by Crippen LogP contribution is -2.29. The second-order valence-electron chi connectivity index (χ2n) is 7.78. The molecule has 2 heterocycles. The average molecular weight is 457 g/mol. The highest BCUT2D eigenvalue weighted by molar-refractivity contribution is 7.22. The SMILES string of the molecule is COc1ccc2nc(N3C(=O)C(=O)/C(=C(/O)c4ccc(C)cc4)C3c3ccccc3)sc2c1. The van der Waals surface area contributed by atoms with Gasteiger partial charge in [0.2, 0.25) is 0 Å². The maximum Gasteiger partial charge on any atom is 0.301 e. The summed E-state index contributed by atoms with van der Waals surface area (Å²) in [5, 5.41) is 11.5. The van der Waals surface area contributed by atoms with Crippen molar-refractivity contribution in [3.05, 3.63) is 95.1 Å². The Morgan fingerprint density at radius 3 is 2.45 bits per heavy atom. The number of aromatic nitrogens is 1. The number of nitrogens with zero attached hydrogens (tertiary/aromatic N) is 2. The van der Waals surface area contributed by atoms with Crippen molar-refractivity contribution in [1.29, 1.82) is 0 Å². The fraction of sp³-hybridized carbons (Fsp3) is 0.115. The van der Waals surface area contributed by atoms with Crippen LogP contribution in [0.4, 0.5) is 5.13 Å². The monoisotopic (exact) mass is 456 g/mol. The largest absolute Gasteiger partial charge is 0.507 e. The zero-order valence-corrected chi connectivity index (χ0v) is 18.8. The molecule has 0 spiro atoms. The highest BCUT2D eigenvalue weighted by atomic mass is 32.1. The fourth-order valence-electron chi connectivity index (χ4n) is 3.97. The van der Waals surface area contributed by atoms with Crippen molar-refractivity contribution in [3.8, 4) is 5.75 Å². The number of fused-ring (bicyclic) bond motifs is 1. The van der Waals surface area contributed by atoms with Gasteiger partial charge in [-0.2, -0.15) is 0 Å². The number of hydrogen-bond acceptors (Lipinski definition) is 6. The van der Waals surface area contributed by atoms with Gasteiger partial charge in [-0.05, 0) is 30.7 Å². The third kappa shape index (κ3) is 3.56. The lowest BCUT2D eigenvalue weighted by molar-refractivity contribution is -0.132. The van der Waals surface area contributed by atoms with Crippen molar-refractivity contribution in [2.75, 3.05) is 12.0 Å². The summed E-state index contributed by atoms with van der Waals surface area (Å²) in [4.78, 5) is 32.5. The molecule has 164 valence electrons. The molecule has 7 heteroatoms. The molecule has 0 bridgehead atoms. The molecule has 4 aromatic rings. The average Bonchev–Trinajstić information content (AvgIpc) is 3.37. The predicted molar refractivity (Wildman–Crippen MR) is 129 cm³/mol. The summed E-state index contributed by atoms with van der Waals surface area (Å²) in [5.41, 5.74) is 2.96. The Hall–Kier alpha value is -3.97. The quantitative estimate of drug-likeness (QED) is 0.258. The minimum absolute atomic E-state index is 0.0480. The molecule has 6 nitrogen and oxygen atoms in total. The van der Waals surface area contributed by atoms with Crippen LogP contribution < -0.4 is 9.64 Å². The predicted octanol–water partition coefficient (Wildman–Crippen LogP) is 5.24. The number of ketones is 1. The maximum atomic E-state index is 13.3. The maximum absolute atomic E-state index is 13.3. The molecule has 0 radical (unpaired) electrons. The number of carbonyl (C=O) groups is 2. The van der Waals surface area contributed by atoms with Crippen LogP contribution in [0.3, 0.4) is 0 Å². The molecule has 1 amide bonds. The molecule has 1 aliphatic rings. The van der Waals surface area contributed by atoms with E-state index in [1.54, 1.807) is 25.3 Å². The number of aliphatic hydroxyl groups is 1. The number of methoxy groups -OCH3 is 1. The van der Waals surface area contributed by atoms with Crippen LogP contribution in [0, 0.1) is 6.92 Å². The highest BCUT2D eigenvalue weighted by Gasteiger charge is 2.48. The number of benzene rings is 3. The molecule has 5 rings (SSSR count). The van der Waals surface area contributed by atoms with Crippen LogP contribution in [-0.4, -0.2) is 28.9 Å². The molecule has 1 aromatic heterocycles. The van der Waals surface area contributed by atoms with E-state index in [4.69, 9.17) is 4.74 Å². The van der Waals surface area contributed by atoms with Crippen LogP contribution in [0.15, 0.2) is 78.4 Å². The first-order valence-electron chi connectivity index (χ1n) is 10.4. The van der Waals surface area contributed by atoms with E-state index in [-0.39, 0.29) is 11.3 Å². The molecule has 1 saturated heterocycles. The van der Waals surface area contributed by atoms with Crippen molar-refractivity contribution in [2.45, 2.75) is 13.0 Å². The van der Waals surface area contributed by atoms with E-state index >= 15 is 0 Å². The highest BCUT2D eigenvalue weighted by Crippen LogP contribution is 2.44. The first-order valence-corrected chi connectivity index (χ1v) is 11.2. The van der Waals surface area contributed by atoms with Crippen molar-refractivity contribution < 1.29 is 19.4 Å². The first-order chi connectivity index (χ1) is 16.0. The summed E-state index contributed by atoms with van der Waals surface area (Å²) < 4.78 is 6.13. The van der Waals surface area contributed by atoms with Crippen LogP contribution in [0.1, 0.15) is 22.7 Å². The van der Waals surface area contributed by atoms with E-state index < -0.39 is 17.7 Å². The van der Waals surface area contributed by atoms with Gasteiger partial charge >= 0.3 is 5.91 Å². The van der Waals surface area contributed by atoms with Crippen LogP contribution >= 0.6 is 11.3 Å². The van der Waals surface area contributed by atoms with Gasteiger partial charge in [0.15, 0.2) is 5.13 Å². The molecule has 1 fully saturated rings. The standard InChI is InChI=1S/C26H20N2O4S/c1-15-8-10-17(11-9-15)23(29)21-22(16-6-4-3-5-7-16)28(25(31)24(21)30)26-27-19-13-12-18(32-2)14-20(19)33-26/h3-14,22,29H,1-2H3/b23-21+. The minimum atomic E-state index is -0.796. The smallest absolute Gasteiger partial charge is 0.301 e. The van der Waals surface area contributed by atoms with Crippen molar-refractivity contribution in [2.24, 2.45) is 0 Å². The van der Waals surface area contributed by atoms with Crippen LogP contribution in [-0.2, 0) is 9.59 Å². The zero-order valence-electron chi connectivity index (χ0n) is 18.0. The zero-order chi connectivity index (χ0) is 23.1. The van der Waals surface area contributed by atoms with E-state index in [1.165, 1.54) is 16.2 Å². The number of carbonyl (C=O) groups excluding carboxylic acids is 2. The molecule has 1 atom stereocenters. The molecule has 0 saturated carbocycles. The van der Waals surface area contributed by atoms with Crippen LogP contribution in [0.5, 0.6) is 5.75 Å². The van der Waals surface area contributed by atoms with Gasteiger partial charge in [-0.25, -0.2) is 4.98 Å². The molecule has 1 N–H and O–H groups in total. The lowest BCUT2D eigenvalue weighted by atomic mass is 9.95. The van der Waals surface area contributed by atoms with Crippen molar-refractivity contribution in [1.82, 2.24) is 4.98 Å². The van der Waals surface area contributed by atoms with E-state index in [2.05, 4.69) is 4.98 Å². The number of Topliss-reactive ketones (excluding diaryl/α,β-unsaturated/α-hetero) is 1. The molecule has 33 heavy (non-hydrogen) atoms. The second-order valence-corrected chi connectivity index (χ2v) is 8.79. The normalized spacial score (nSPS) is 17.6. The van der Waals surface area contributed by atoms with Gasteiger partial charge in [0.1, 0.15) is 11.5 Å². The number of aryl methyl sites for hydroxylation is 1. The van der Waals surface area contributed by atoms with E-state index in [1.807, 2.05) is 61.5 Å². The Labute approximate surface area is 194 Å². The first kappa shape index (κ1) is 20.9. The third-order valence-corrected chi connectivity index (χ3v) is 6.69. The Balaban J connectivity index is 1.71. The summed E-state index contributed by atoms with van der Waals surface area (Å²) in [6, 6.07) is 21.0. The van der Waals surface area contributed by atoms with E-state index in [0.717, 1.165) is 10.3 Å². The lowest BCUT2D eigenvalue weighted by Gasteiger charge is -2.22. The van der Waals surface area contributed by atoms with Gasteiger partial charge in [-0.3, -0.25) is 14.5 Å². The molecular weight excluding hydrogens is 436 g/mol. The van der Waals surface area contributed by atoms with Crippen molar-refractivity contribution >= 4 is 44.1 Å². The summed E-state index contributed by atoms with van der Waals surface area (Å²) in [6.45, 7) is 1.94. The Kier molecular flexibility index (Phi) is 5.18. The molecule has 1 aliphatic heterocycles. The van der Waals surface area contributed by atoms with Crippen LogP contribution in [0.2, 0.25) is 0 Å². The number of thiazole rings is 1. The van der Waals surface area contributed by atoms with Gasteiger partial charge in [-0.15, -0.1) is 0 Å². The third-order valence-electron chi connectivity index (χ3n) is 5.68. The summed E-state index contributed by atoms with van der Waals surface area (Å²) in [7, 11) is 1.59. The summed E-state index contributed by atoms with van der Waals surface area (Å²) >= 11 is 1.30. The number of ether oxygens (including phenoxy) is 1. The summed E-state index contributed by atoms with van der Waals surface area (Å²) in [6.07, 6.45) is 0. The van der Waals surface area contributed by atoms with E-state index in [0.29, 0.717) is 27.5 Å². The minimum Gasteiger partial charge on any atom is -0.507 e. The fourth-order valence-corrected chi connectivity index (χ4v) is 4.99. The molecule has 0 aliphatic carbocycles. The molecule has 3 aromatic carbocycles. The Bertz CT molecular complexity index is 1410. The Morgan fingerprint density at radius 1 is 1.03 bits per heavy atom. The van der Waals surface area contributed by atoms with Gasteiger partial charge in [-0.1, -0.05) is 71.5 Å². The van der Waals surface area contributed by atoms with Gasteiger partial charge < -0.3 is 9.84 Å². The van der Waals surface area contributed by atoms with Crippen LogP contribution in [0.25, 0.3) is 16.0 Å². The number of rotatable bonds is 4. The number of anilines is 1. The topological polar surface area (TPSA) is 79.7 Å². The number of aliphatic hydroxyl groups excluding tert-OH is 1. The summed E-state index contributed by atoms with van der Waals surface area (Å²) in [5.74, 6) is -0.978. The molecule has 1 unspecified atom stereocenters. The number of amides is 1. The number of hydrogen-bond donors (Lipinski definition) is 1. The van der Waals surface area contributed by atoms with Gasteiger partial charge in [0, 0.05) is 5.56 Å². The van der Waals surface area contributed by atoms with Gasteiger partial charge in [0.05, 0.1) is 28.9 Å². The van der Waals surface area contributed by atoms with Crippen molar-refractivity contribution in [3.63, 3.8) is 0 Å². The Morgan fingerprint density at radius 2 is 1.76 bits per heavy atom. The molecular formula is C26H20N2O4S. The van der Waals surface area contributed by atoms with E-state index in [9.17, 15) is 14.7 Å².